The second-order valence-electron chi connectivity index (χ2n) is 3.31. The Morgan fingerprint density at radius 2 is 2.25 bits per heavy atom. The Hall–Kier alpha value is -0.970. The van der Waals surface area contributed by atoms with Crippen LogP contribution in [0.15, 0.2) is 18.2 Å². The van der Waals surface area contributed by atoms with Crippen molar-refractivity contribution < 1.29 is 10.9 Å². The Morgan fingerprint density at radius 1 is 1.50 bits per heavy atom. The first kappa shape index (κ1) is 11.5. The molecule has 0 aliphatic rings. The number of benzene rings is 1. The van der Waals surface area contributed by atoms with Gasteiger partial charge < -0.3 is 16.2 Å². The molecule has 1 aromatic carbocycles. The zero-order valence-electron chi connectivity index (χ0n) is 9.37. The number of halogens is 2. The van der Waals surface area contributed by atoms with Crippen molar-refractivity contribution in [1.82, 2.24) is 0 Å². The zero-order valence-corrected chi connectivity index (χ0v) is 9.89. The molecular formula is C10H12Cl2N2O2. The fraction of sp³-hybridized carbons (Fsp3) is 0.300. The lowest BCUT2D eigenvalue weighted by Gasteiger charge is -2.11. The second-order valence-corrected chi connectivity index (χ2v) is 4.13. The van der Waals surface area contributed by atoms with Gasteiger partial charge in [0.15, 0.2) is 1.41 Å². The average molecular weight is 264 g/mol. The fourth-order valence-corrected chi connectivity index (χ4v) is 1.53. The molecule has 16 heavy (non-hydrogen) atoms. The van der Waals surface area contributed by atoms with Gasteiger partial charge in [-0.25, -0.2) is 4.79 Å². The molecule has 88 valence electrons. The third-order valence-electron chi connectivity index (χ3n) is 1.91. The molecule has 0 bridgehead atoms. The number of rotatable bonds is 4. The number of ether oxygens (including phenoxy) is 1. The van der Waals surface area contributed by atoms with E-state index in [0.717, 1.165) is 5.56 Å². The summed E-state index contributed by atoms with van der Waals surface area (Å²) in [6, 6.07) is 4.85. The van der Waals surface area contributed by atoms with E-state index in [1.165, 1.54) is 0 Å². The minimum absolute atomic E-state index is 0.0327. The maximum absolute atomic E-state index is 10.7. The first-order valence-electron chi connectivity index (χ1n) is 5.07. The van der Waals surface area contributed by atoms with Gasteiger partial charge in [-0.3, -0.25) is 0 Å². The Kier molecular flexibility index (Phi) is 4.27. The Bertz CT molecular complexity index is 404. The SMILES string of the molecule is [2H]NC(=O)OC[C@@H](N)Cc1ccc(Cl)c(Cl)c1. The standard InChI is InChI=1S/C10H12Cl2N2O2/c11-8-2-1-6(4-9(8)12)3-7(13)5-16-10(14)15/h1-2,4,7H,3,5,13H2,(H2,14,15)/t7-/m0/s1/i/hD. The van der Waals surface area contributed by atoms with Crippen LogP contribution in [0.1, 0.15) is 5.56 Å². The van der Waals surface area contributed by atoms with Crippen molar-refractivity contribution in [2.45, 2.75) is 12.5 Å². The van der Waals surface area contributed by atoms with Crippen LogP contribution in [0.4, 0.5) is 4.79 Å². The molecule has 0 saturated carbocycles. The van der Waals surface area contributed by atoms with Crippen LogP contribution in [0.5, 0.6) is 0 Å². The predicted octanol–water partition coefficient (Wildman–Crippen LogP) is 1.96. The lowest BCUT2D eigenvalue weighted by Crippen LogP contribution is -2.31. The van der Waals surface area contributed by atoms with E-state index >= 15 is 0 Å². The largest absolute Gasteiger partial charge is 0.448 e. The summed E-state index contributed by atoms with van der Waals surface area (Å²) in [6.45, 7) is 0.0327. The average Bonchev–Trinajstić information content (AvgIpc) is 2.31. The quantitative estimate of drug-likeness (QED) is 0.872. The van der Waals surface area contributed by atoms with E-state index < -0.39 is 6.09 Å². The Labute approximate surface area is 105 Å². The first-order chi connectivity index (χ1) is 8.02. The van der Waals surface area contributed by atoms with Gasteiger partial charge in [0.2, 0.25) is 0 Å². The second kappa shape index (κ2) is 5.94. The molecule has 1 rings (SSSR count). The lowest BCUT2D eigenvalue weighted by atomic mass is 10.1. The third kappa shape index (κ3) is 4.26. The van der Waals surface area contributed by atoms with Crippen LogP contribution in [-0.4, -0.2) is 18.7 Å². The highest BCUT2D eigenvalue weighted by molar-refractivity contribution is 6.42. The van der Waals surface area contributed by atoms with Gasteiger partial charge in [0.25, 0.3) is 0 Å². The molecule has 6 heteroatoms. The van der Waals surface area contributed by atoms with Crippen LogP contribution in [0.3, 0.4) is 0 Å². The molecular weight excluding hydrogens is 251 g/mol. The molecule has 0 fully saturated rings. The van der Waals surface area contributed by atoms with E-state index in [1.54, 1.807) is 23.9 Å². The van der Waals surface area contributed by atoms with Crippen LogP contribution in [-0.2, 0) is 11.2 Å². The molecule has 0 unspecified atom stereocenters. The van der Waals surface area contributed by atoms with Gasteiger partial charge >= 0.3 is 6.09 Å². The van der Waals surface area contributed by atoms with Gasteiger partial charge in [0.1, 0.15) is 6.61 Å². The molecule has 0 aliphatic carbocycles. The van der Waals surface area contributed by atoms with Crippen LogP contribution >= 0.6 is 23.2 Å². The van der Waals surface area contributed by atoms with E-state index in [1.807, 2.05) is 0 Å². The predicted molar refractivity (Wildman–Crippen MR) is 63.7 cm³/mol. The van der Waals surface area contributed by atoms with Crippen molar-refractivity contribution in [2.24, 2.45) is 11.5 Å². The van der Waals surface area contributed by atoms with Crippen LogP contribution in [0.25, 0.3) is 0 Å². The van der Waals surface area contributed by atoms with Crippen LogP contribution in [0, 0.1) is 0 Å². The maximum atomic E-state index is 10.7. The van der Waals surface area contributed by atoms with Crippen molar-refractivity contribution >= 4 is 29.3 Å². The molecule has 1 aromatic rings. The van der Waals surface area contributed by atoms with Crippen molar-refractivity contribution in [3.8, 4) is 0 Å². The number of primary amides is 1. The number of carbonyl (C=O) groups excluding carboxylic acids is 1. The number of amides is 1. The molecule has 4 nitrogen and oxygen atoms in total. The van der Waals surface area contributed by atoms with Gasteiger partial charge in [0.05, 0.1) is 10.0 Å². The monoisotopic (exact) mass is 263 g/mol. The summed E-state index contributed by atoms with van der Waals surface area (Å²) in [7, 11) is 0. The Balaban J connectivity index is 2.47. The van der Waals surface area contributed by atoms with Crippen LogP contribution in [0.2, 0.25) is 11.5 Å². The first-order valence-corrected chi connectivity index (χ1v) is 5.32. The van der Waals surface area contributed by atoms with E-state index in [4.69, 9.17) is 30.3 Å². The van der Waals surface area contributed by atoms with Crippen molar-refractivity contribution in [3.63, 3.8) is 0 Å². The van der Waals surface area contributed by atoms with Gasteiger partial charge in [-0.2, -0.15) is 0 Å². The normalized spacial score (nSPS) is 12.8. The van der Waals surface area contributed by atoms with Crippen molar-refractivity contribution in [3.05, 3.63) is 33.8 Å². The summed E-state index contributed by atoms with van der Waals surface area (Å²) in [5, 5.41) is 0.940. The van der Waals surface area contributed by atoms with Gasteiger partial charge in [-0.05, 0) is 24.1 Å². The van der Waals surface area contributed by atoms with E-state index in [2.05, 4.69) is 4.74 Å². The highest BCUT2D eigenvalue weighted by atomic mass is 35.5. The summed E-state index contributed by atoms with van der Waals surface area (Å²) >= 11 is 11.6. The highest BCUT2D eigenvalue weighted by Crippen LogP contribution is 2.22. The van der Waals surface area contributed by atoms with Crippen molar-refractivity contribution in [2.75, 3.05) is 6.61 Å². The van der Waals surface area contributed by atoms with E-state index in [9.17, 15) is 4.79 Å². The summed E-state index contributed by atoms with van der Waals surface area (Å²) in [6.07, 6.45) is -0.322. The minimum Gasteiger partial charge on any atom is -0.448 e. The van der Waals surface area contributed by atoms with Gasteiger partial charge in [-0.1, -0.05) is 29.3 Å². The maximum Gasteiger partial charge on any atom is 0.404 e. The third-order valence-corrected chi connectivity index (χ3v) is 2.65. The summed E-state index contributed by atoms with van der Waals surface area (Å²) in [5.41, 5.74) is 8.25. The number of carbonyl (C=O) groups is 1. The molecule has 0 radical (unpaired) electrons. The molecule has 1 atom stereocenters. The molecule has 1 amide bonds. The molecule has 0 spiro atoms. The van der Waals surface area contributed by atoms with Gasteiger partial charge in [-0.15, -0.1) is 0 Å². The molecule has 0 aromatic heterocycles. The molecule has 0 saturated heterocycles. The summed E-state index contributed by atoms with van der Waals surface area (Å²) in [4.78, 5) is 10.7. The van der Waals surface area contributed by atoms with Crippen LogP contribution < -0.4 is 11.5 Å². The van der Waals surface area contributed by atoms with Crippen molar-refractivity contribution in [1.29, 1.82) is 0 Å². The summed E-state index contributed by atoms with van der Waals surface area (Å²) in [5.74, 6) is 0. The zero-order chi connectivity index (χ0) is 12.8. The highest BCUT2D eigenvalue weighted by Gasteiger charge is 2.07. The van der Waals surface area contributed by atoms with E-state index in [0.29, 0.717) is 16.5 Å². The smallest absolute Gasteiger partial charge is 0.404 e. The van der Waals surface area contributed by atoms with Gasteiger partial charge in [0, 0.05) is 6.04 Å². The van der Waals surface area contributed by atoms with E-state index in [-0.39, 0.29) is 12.6 Å². The topological polar surface area (TPSA) is 78.3 Å². The number of hydrogen-bond donors (Lipinski definition) is 2. The minimum atomic E-state index is -0.824. The lowest BCUT2D eigenvalue weighted by molar-refractivity contribution is 0.149. The molecule has 0 heterocycles. The molecule has 0 aliphatic heterocycles. The summed E-state index contributed by atoms with van der Waals surface area (Å²) < 4.78 is 11.2. The fourth-order valence-electron chi connectivity index (χ4n) is 1.21. The number of nitrogens with two attached hydrogens (primary N) is 2. The molecule has 4 N–H and O–H groups in total. The number of hydrogen-bond acceptors (Lipinski definition) is 3. The Morgan fingerprint density at radius 3 is 2.88 bits per heavy atom.